The molecule has 21 heavy (non-hydrogen) atoms. The van der Waals surface area contributed by atoms with Crippen LogP contribution in [-0.2, 0) is 0 Å². The fourth-order valence-electron chi connectivity index (χ4n) is 2.12. The quantitative estimate of drug-likeness (QED) is 0.543. The number of hydrogen-bond acceptors (Lipinski definition) is 5. The molecule has 0 radical (unpaired) electrons. The summed E-state index contributed by atoms with van der Waals surface area (Å²) in [5.74, 6) is 0.0601. The van der Waals surface area contributed by atoms with Crippen LogP contribution in [0, 0.1) is 20.2 Å². The number of aromatic nitrogens is 2. The molecule has 8 nitrogen and oxygen atoms in total. The maximum Gasteiger partial charge on any atom is 0.270 e. The summed E-state index contributed by atoms with van der Waals surface area (Å²) < 4.78 is 0.828. The fraction of sp³-hybridized carbons (Fsp3) is 0. The van der Waals surface area contributed by atoms with Gasteiger partial charge >= 0.3 is 0 Å². The van der Waals surface area contributed by atoms with Crippen LogP contribution in [0.2, 0.25) is 0 Å². The summed E-state index contributed by atoms with van der Waals surface area (Å²) in [5.41, 5.74) is 0.964. The molecule has 0 amide bonds. The number of nitro groups is 2. The maximum atomic E-state index is 11.3. The Bertz CT molecular complexity index is 871. The molecule has 0 atom stereocenters. The number of non-ortho nitro benzene ring substituents is 1. The summed E-state index contributed by atoms with van der Waals surface area (Å²) >= 11 is 0. The second-order valence-corrected chi connectivity index (χ2v) is 4.28. The zero-order chi connectivity index (χ0) is 15.0. The number of nitrogens with zero attached hydrogens (tertiary/aromatic N) is 4. The molecule has 0 bridgehead atoms. The summed E-state index contributed by atoms with van der Waals surface area (Å²) in [5, 5.41) is 21.5. The summed E-state index contributed by atoms with van der Waals surface area (Å²) in [6.45, 7) is 0. The second-order valence-electron chi connectivity index (χ2n) is 4.28. The highest BCUT2D eigenvalue weighted by molar-refractivity contribution is 5.80. The van der Waals surface area contributed by atoms with Gasteiger partial charge in [0.05, 0.1) is 10.4 Å². The first-order valence-electron chi connectivity index (χ1n) is 5.95. The number of benzene rings is 2. The molecule has 8 heteroatoms. The van der Waals surface area contributed by atoms with E-state index in [1.807, 2.05) is 0 Å². The van der Waals surface area contributed by atoms with Gasteiger partial charge in [-0.2, -0.15) is 0 Å². The van der Waals surface area contributed by atoms with Crippen LogP contribution in [0.1, 0.15) is 0 Å². The Morgan fingerprint density at radius 1 is 1.00 bits per heavy atom. The minimum Gasteiger partial charge on any atom is -0.258 e. The van der Waals surface area contributed by atoms with E-state index in [2.05, 4.69) is 4.98 Å². The molecule has 0 saturated heterocycles. The lowest BCUT2D eigenvalue weighted by Crippen LogP contribution is -2.10. The molecule has 0 aliphatic heterocycles. The van der Waals surface area contributed by atoms with Gasteiger partial charge in [-0.1, -0.05) is 24.3 Å². The van der Waals surface area contributed by atoms with E-state index in [0.717, 1.165) is 4.68 Å². The molecule has 3 rings (SSSR count). The van der Waals surface area contributed by atoms with Crippen molar-refractivity contribution in [3.63, 3.8) is 0 Å². The molecular weight excluding hydrogens is 276 g/mol. The molecule has 2 aromatic carbocycles. The molecule has 0 saturated carbocycles. The third-order valence-electron chi connectivity index (χ3n) is 3.02. The van der Waals surface area contributed by atoms with Gasteiger partial charge in [0.1, 0.15) is 5.52 Å². The molecule has 0 spiro atoms. The number of hydrogen-bond donors (Lipinski definition) is 0. The number of nitro benzene ring substituents is 1. The van der Waals surface area contributed by atoms with Gasteiger partial charge in [-0.05, 0) is 16.8 Å². The van der Waals surface area contributed by atoms with Gasteiger partial charge < -0.3 is 0 Å². The molecule has 0 unspecified atom stereocenters. The highest BCUT2D eigenvalue weighted by Crippen LogP contribution is 2.26. The fourth-order valence-corrected chi connectivity index (χ4v) is 2.12. The van der Waals surface area contributed by atoms with E-state index in [1.165, 1.54) is 18.2 Å². The molecule has 0 fully saturated rings. The number of imidazole rings is 1. The van der Waals surface area contributed by atoms with E-state index in [0.29, 0.717) is 16.6 Å². The Hall–Kier alpha value is -3.29. The lowest BCUT2D eigenvalue weighted by Gasteiger charge is -2.00. The Kier molecular flexibility index (Phi) is 2.83. The predicted octanol–water partition coefficient (Wildman–Crippen LogP) is 2.65. The van der Waals surface area contributed by atoms with Crippen molar-refractivity contribution in [1.82, 2.24) is 9.66 Å². The Labute approximate surface area is 117 Å². The molecular formula is C13H8N4O4. The second kappa shape index (κ2) is 4.67. The standard InChI is InChI=1S/C13H8N4O4/c18-16(19)10-5-3-4-9(8-10)13-14-11-6-1-2-7-12(11)15(13)17(20)21/h1-8H. The molecule has 0 aliphatic rings. The van der Waals surface area contributed by atoms with Crippen molar-refractivity contribution in [1.29, 1.82) is 0 Å². The van der Waals surface area contributed by atoms with E-state index in [1.54, 1.807) is 30.3 Å². The van der Waals surface area contributed by atoms with Gasteiger partial charge in [0.15, 0.2) is 5.03 Å². The van der Waals surface area contributed by atoms with E-state index in [-0.39, 0.29) is 11.5 Å². The minimum atomic E-state index is -0.594. The number of para-hydroxylation sites is 2. The molecule has 0 aliphatic carbocycles. The van der Waals surface area contributed by atoms with Crippen molar-refractivity contribution in [2.45, 2.75) is 0 Å². The summed E-state index contributed by atoms with van der Waals surface area (Å²) in [7, 11) is 0. The Balaban J connectivity index is 2.29. The lowest BCUT2D eigenvalue weighted by molar-refractivity contribution is -0.536. The van der Waals surface area contributed by atoms with Crippen LogP contribution in [0.3, 0.4) is 0 Å². The summed E-state index contributed by atoms with van der Waals surface area (Å²) in [6.07, 6.45) is 0. The first-order valence-corrected chi connectivity index (χ1v) is 5.95. The third kappa shape index (κ3) is 2.08. The smallest absolute Gasteiger partial charge is 0.258 e. The highest BCUT2D eigenvalue weighted by atomic mass is 16.7. The maximum absolute atomic E-state index is 11.3. The van der Waals surface area contributed by atoms with Gasteiger partial charge in [0.25, 0.3) is 5.69 Å². The van der Waals surface area contributed by atoms with Crippen molar-refractivity contribution < 1.29 is 9.96 Å². The largest absolute Gasteiger partial charge is 0.270 e. The van der Waals surface area contributed by atoms with Gasteiger partial charge in [-0.15, -0.1) is 0 Å². The van der Waals surface area contributed by atoms with Gasteiger partial charge in [0.2, 0.25) is 5.82 Å². The molecule has 1 aromatic heterocycles. The zero-order valence-corrected chi connectivity index (χ0v) is 10.5. The Morgan fingerprint density at radius 2 is 1.76 bits per heavy atom. The van der Waals surface area contributed by atoms with E-state index >= 15 is 0 Å². The molecule has 1 heterocycles. The van der Waals surface area contributed by atoms with E-state index in [9.17, 15) is 20.2 Å². The van der Waals surface area contributed by atoms with Crippen LogP contribution < -0.4 is 0 Å². The summed E-state index contributed by atoms with van der Waals surface area (Å²) in [4.78, 5) is 25.8. The van der Waals surface area contributed by atoms with Crippen LogP contribution in [-0.4, -0.2) is 19.6 Å². The summed E-state index contributed by atoms with van der Waals surface area (Å²) in [6, 6.07) is 12.2. The predicted molar refractivity (Wildman–Crippen MR) is 74.2 cm³/mol. The van der Waals surface area contributed by atoms with Gasteiger partial charge in [-0.3, -0.25) is 10.1 Å². The zero-order valence-electron chi connectivity index (χ0n) is 10.5. The monoisotopic (exact) mass is 284 g/mol. The van der Waals surface area contributed by atoms with Crippen LogP contribution in [0.15, 0.2) is 48.5 Å². The number of fused-ring (bicyclic) bond motifs is 1. The van der Waals surface area contributed by atoms with Crippen molar-refractivity contribution in [2.75, 3.05) is 0 Å². The molecule has 0 N–H and O–H groups in total. The highest BCUT2D eigenvalue weighted by Gasteiger charge is 2.21. The minimum absolute atomic E-state index is 0.0601. The molecule has 3 aromatic rings. The lowest BCUT2D eigenvalue weighted by atomic mass is 10.2. The topological polar surface area (TPSA) is 104 Å². The Morgan fingerprint density at radius 3 is 2.48 bits per heavy atom. The van der Waals surface area contributed by atoms with Crippen LogP contribution in [0.4, 0.5) is 5.69 Å². The van der Waals surface area contributed by atoms with E-state index < -0.39 is 9.96 Å². The third-order valence-corrected chi connectivity index (χ3v) is 3.02. The van der Waals surface area contributed by atoms with Crippen LogP contribution in [0.5, 0.6) is 0 Å². The van der Waals surface area contributed by atoms with Crippen molar-refractivity contribution in [2.24, 2.45) is 0 Å². The van der Waals surface area contributed by atoms with Crippen LogP contribution in [0.25, 0.3) is 22.4 Å². The van der Waals surface area contributed by atoms with Gasteiger partial charge in [0, 0.05) is 17.7 Å². The number of rotatable bonds is 3. The van der Waals surface area contributed by atoms with Gasteiger partial charge in [-0.25, -0.2) is 15.1 Å². The van der Waals surface area contributed by atoms with E-state index in [4.69, 9.17) is 0 Å². The average molecular weight is 284 g/mol. The first kappa shape index (κ1) is 12.7. The SMILES string of the molecule is O=[N+]([O-])c1cccc(-c2nc3ccccc3n2[N+](=O)[O-])c1. The van der Waals surface area contributed by atoms with Crippen molar-refractivity contribution in [3.05, 3.63) is 68.8 Å². The molecule has 104 valence electrons. The van der Waals surface area contributed by atoms with Crippen molar-refractivity contribution in [3.8, 4) is 11.4 Å². The average Bonchev–Trinajstić information content (AvgIpc) is 2.87. The normalized spacial score (nSPS) is 10.7. The van der Waals surface area contributed by atoms with Crippen LogP contribution >= 0.6 is 0 Å². The first-order chi connectivity index (χ1) is 10.1. The van der Waals surface area contributed by atoms with Crippen molar-refractivity contribution >= 4 is 16.7 Å².